The third kappa shape index (κ3) is 3.58. The molecule has 0 bridgehead atoms. The molecule has 1 aromatic carbocycles. The molecule has 0 fully saturated rings. The molecule has 1 aromatic rings. The molecule has 2 N–H and O–H groups in total. The number of hydrogen-bond acceptors (Lipinski definition) is 2. The van der Waals surface area contributed by atoms with Gasteiger partial charge in [0.25, 0.3) is 0 Å². The maximum atomic E-state index is 5.54. The Balaban J connectivity index is 3.40. The Bertz CT molecular complexity index is 419. The van der Waals surface area contributed by atoms with Crippen LogP contribution in [-0.4, -0.2) is 13.7 Å². The summed E-state index contributed by atoms with van der Waals surface area (Å²) < 4.78 is 6.60. The van der Waals surface area contributed by atoms with Crippen molar-refractivity contribution in [1.82, 2.24) is 0 Å². The highest BCUT2D eigenvalue weighted by atomic mass is 79.9. The molecule has 0 aliphatic rings. The standard InChI is InChI=1S/C14H20BrNO/c1-14(2,3)12-9-11(15)8-10(6-5-7-16)13(12)17-4/h5-6,8-9H,7,16H2,1-4H3/b6-5+. The minimum absolute atomic E-state index is 0.0421. The van der Waals surface area contributed by atoms with E-state index in [0.29, 0.717) is 6.54 Å². The maximum absolute atomic E-state index is 5.54. The minimum atomic E-state index is 0.0421. The number of ether oxygens (including phenoxy) is 1. The molecule has 2 nitrogen and oxygen atoms in total. The lowest BCUT2D eigenvalue weighted by molar-refractivity contribution is 0.396. The Morgan fingerprint density at radius 2 is 2.00 bits per heavy atom. The first-order chi connectivity index (χ1) is 7.90. The second kappa shape index (κ2) is 5.69. The van der Waals surface area contributed by atoms with Gasteiger partial charge in [0.05, 0.1) is 7.11 Å². The summed E-state index contributed by atoms with van der Waals surface area (Å²) in [5.41, 5.74) is 7.77. The average molecular weight is 298 g/mol. The molecule has 94 valence electrons. The van der Waals surface area contributed by atoms with Gasteiger partial charge in [-0.15, -0.1) is 0 Å². The van der Waals surface area contributed by atoms with Crippen LogP contribution in [0.1, 0.15) is 31.9 Å². The van der Waals surface area contributed by atoms with Gasteiger partial charge in [-0.2, -0.15) is 0 Å². The summed E-state index contributed by atoms with van der Waals surface area (Å²) in [5.74, 6) is 0.922. The van der Waals surface area contributed by atoms with Crippen molar-refractivity contribution in [3.05, 3.63) is 33.8 Å². The van der Waals surface area contributed by atoms with Crippen molar-refractivity contribution in [2.45, 2.75) is 26.2 Å². The Hall–Kier alpha value is -0.800. The van der Waals surface area contributed by atoms with Crippen LogP contribution in [0.25, 0.3) is 6.08 Å². The van der Waals surface area contributed by atoms with Gasteiger partial charge in [-0.1, -0.05) is 48.9 Å². The monoisotopic (exact) mass is 297 g/mol. The molecule has 0 amide bonds. The van der Waals surface area contributed by atoms with E-state index in [9.17, 15) is 0 Å². The molecule has 0 unspecified atom stereocenters. The largest absolute Gasteiger partial charge is 0.496 e. The molecule has 0 aromatic heterocycles. The lowest BCUT2D eigenvalue weighted by Crippen LogP contribution is -2.13. The van der Waals surface area contributed by atoms with E-state index in [1.165, 1.54) is 5.56 Å². The zero-order chi connectivity index (χ0) is 13.1. The fraction of sp³-hybridized carbons (Fsp3) is 0.429. The zero-order valence-electron chi connectivity index (χ0n) is 10.9. The Morgan fingerprint density at radius 3 is 2.47 bits per heavy atom. The smallest absolute Gasteiger partial charge is 0.129 e. The van der Waals surface area contributed by atoms with E-state index in [4.69, 9.17) is 10.5 Å². The van der Waals surface area contributed by atoms with Crippen LogP contribution in [-0.2, 0) is 5.41 Å². The zero-order valence-corrected chi connectivity index (χ0v) is 12.5. The summed E-state index contributed by atoms with van der Waals surface area (Å²) in [4.78, 5) is 0. The molecule has 0 aliphatic heterocycles. The van der Waals surface area contributed by atoms with E-state index in [2.05, 4.69) is 42.8 Å². The van der Waals surface area contributed by atoms with Crippen LogP contribution in [0.4, 0.5) is 0 Å². The van der Waals surface area contributed by atoms with Gasteiger partial charge in [-0.05, 0) is 17.5 Å². The van der Waals surface area contributed by atoms with Crippen LogP contribution in [0.3, 0.4) is 0 Å². The van der Waals surface area contributed by atoms with Crippen LogP contribution in [0, 0.1) is 0 Å². The van der Waals surface area contributed by atoms with Crippen molar-refractivity contribution in [2.24, 2.45) is 5.73 Å². The first kappa shape index (κ1) is 14.3. The van der Waals surface area contributed by atoms with Gasteiger partial charge in [-0.25, -0.2) is 0 Å². The second-order valence-electron chi connectivity index (χ2n) is 4.96. The number of rotatable bonds is 3. The van der Waals surface area contributed by atoms with Crippen molar-refractivity contribution in [2.75, 3.05) is 13.7 Å². The highest BCUT2D eigenvalue weighted by Crippen LogP contribution is 2.37. The SMILES string of the molecule is COc1c(/C=C/CN)cc(Br)cc1C(C)(C)C. The van der Waals surface area contributed by atoms with Gasteiger partial charge >= 0.3 is 0 Å². The third-order valence-electron chi connectivity index (χ3n) is 2.53. The minimum Gasteiger partial charge on any atom is -0.496 e. The highest BCUT2D eigenvalue weighted by Gasteiger charge is 2.21. The number of hydrogen-bond donors (Lipinski definition) is 1. The highest BCUT2D eigenvalue weighted by molar-refractivity contribution is 9.10. The van der Waals surface area contributed by atoms with Crippen LogP contribution in [0.2, 0.25) is 0 Å². The van der Waals surface area contributed by atoms with Gasteiger partial charge < -0.3 is 10.5 Å². The quantitative estimate of drug-likeness (QED) is 0.923. The first-order valence-corrected chi connectivity index (χ1v) is 6.44. The van der Waals surface area contributed by atoms with Crippen LogP contribution >= 0.6 is 15.9 Å². The van der Waals surface area contributed by atoms with Crippen molar-refractivity contribution in [3.63, 3.8) is 0 Å². The fourth-order valence-corrected chi connectivity index (χ4v) is 2.19. The summed E-state index contributed by atoms with van der Waals surface area (Å²) in [6.45, 7) is 7.05. The summed E-state index contributed by atoms with van der Waals surface area (Å²) in [6.07, 6.45) is 3.93. The molecule has 0 saturated carbocycles. The van der Waals surface area contributed by atoms with E-state index in [-0.39, 0.29) is 5.41 Å². The lowest BCUT2D eigenvalue weighted by Gasteiger charge is -2.23. The molecule has 3 heteroatoms. The molecule has 1 rings (SSSR count). The lowest BCUT2D eigenvalue weighted by atomic mass is 9.85. The Kier molecular flexibility index (Phi) is 4.78. The Labute approximate surface area is 112 Å². The fourth-order valence-electron chi connectivity index (χ4n) is 1.72. The summed E-state index contributed by atoms with van der Waals surface area (Å²) >= 11 is 3.54. The van der Waals surface area contributed by atoms with Crippen molar-refractivity contribution in [1.29, 1.82) is 0 Å². The van der Waals surface area contributed by atoms with E-state index in [1.807, 2.05) is 18.2 Å². The first-order valence-electron chi connectivity index (χ1n) is 5.64. The molecular formula is C14H20BrNO. The number of nitrogens with two attached hydrogens (primary N) is 1. The van der Waals surface area contributed by atoms with Gasteiger partial charge in [0.2, 0.25) is 0 Å². The number of halogens is 1. The molecule has 0 spiro atoms. The van der Waals surface area contributed by atoms with Gasteiger partial charge in [-0.3, -0.25) is 0 Å². The van der Waals surface area contributed by atoms with Crippen LogP contribution < -0.4 is 10.5 Å². The molecule has 0 saturated heterocycles. The van der Waals surface area contributed by atoms with E-state index >= 15 is 0 Å². The molecule has 17 heavy (non-hydrogen) atoms. The van der Waals surface area contributed by atoms with Crippen molar-refractivity contribution in [3.8, 4) is 5.75 Å². The topological polar surface area (TPSA) is 35.2 Å². The number of benzene rings is 1. The van der Waals surface area contributed by atoms with E-state index in [1.54, 1.807) is 7.11 Å². The molecule has 0 atom stereocenters. The normalized spacial score (nSPS) is 12.1. The van der Waals surface area contributed by atoms with E-state index < -0.39 is 0 Å². The van der Waals surface area contributed by atoms with Gasteiger partial charge in [0, 0.05) is 22.1 Å². The Morgan fingerprint density at radius 1 is 1.35 bits per heavy atom. The van der Waals surface area contributed by atoms with Crippen molar-refractivity contribution < 1.29 is 4.74 Å². The summed E-state index contributed by atoms with van der Waals surface area (Å²) in [7, 11) is 1.71. The molecule has 0 heterocycles. The third-order valence-corrected chi connectivity index (χ3v) is 2.99. The van der Waals surface area contributed by atoms with Crippen LogP contribution in [0.15, 0.2) is 22.7 Å². The molecule has 0 radical (unpaired) electrons. The summed E-state index contributed by atoms with van der Waals surface area (Å²) in [5, 5.41) is 0. The molecular weight excluding hydrogens is 278 g/mol. The van der Waals surface area contributed by atoms with Gasteiger partial charge in [0.1, 0.15) is 5.75 Å². The van der Waals surface area contributed by atoms with E-state index in [0.717, 1.165) is 15.8 Å². The van der Waals surface area contributed by atoms with Crippen molar-refractivity contribution >= 4 is 22.0 Å². The summed E-state index contributed by atoms with van der Waals surface area (Å²) in [6, 6.07) is 4.15. The predicted molar refractivity (Wildman–Crippen MR) is 77.5 cm³/mol. The maximum Gasteiger partial charge on any atom is 0.129 e. The molecule has 0 aliphatic carbocycles. The predicted octanol–water partition coefficient (Wildman–Crippen LogP) is 3.73. The second-order valence-corrected chi connectivity index (χ2v) is 5.88. The number of methoxy groups -OCH3 is 1. The van der Waals surface area contributed by atoms with Gasteiger partial charge in [0.15, 0.2) is 0 Å². The average Bonchev–Trinajstić information content (AvgIpc) is 2.24. The van der Waals surface area contributed by atoms with Crippen LogP contribution in [0.5, 0.6) is 5.75 Å².